The van der Waals surface area contributed by atoms with Crippen LogP contribution in [-0.2, 0) is 0 Å². The zero-order valence-corrected chi connectivity index (χ0v) is 8.22. The molecule has 5 N–H and O–H groups in total. The molecule has 1 aliphatic carbocycles. The van der Waals surface area contributed by atoms with Crippen LogP contribution in [0.25, 0.3) is 0 Å². The molecule has 0 bridgehead atoms. The number of aliphatic hydroxyl groups is 1. The smallest absolute Gasteiger partial charge is 0.114 e. The summed E-state index contributed by atoms with van der Waals surface area (Å²) in [6.07, 6.45) is 4.76. The van der Waals surface area contributed by atoms with E-state index in [1.807, 2.05) is 6.08 Å². The summed E-state index contributed by atoms with van der Waals surface area (Å²) in [7, 11) is 0. The second-order valence-corrected chi connectivity index (χ2v) is 3.95. The van der Waals surface area contributed by atoms with Crippen LogP contribution in [0.15, 0.2) is 23.3 Å². The Balaban J connectivity index is 2.81. The fraction of sp³-hybridized carbons (Fsp3) is 0.556. The predicted molar refractivity (Wildman–Crippen MR) is 54.3 cm³/mol. The van der Waals surface area contributed by atoms with Gasteiger partial charge in [0.05, 0.1) is 0 Å². The van der Waals surface area contributed by atoms with E-state index in [0.717, 1.165) is 11.1 Å². The van der Waals surface area contributed by atoms with E-state index in [1.54, 1.807) is 6.08 Å². The standard InChI is InChI=1S/C9H15ClN2O/c10-9(12)3-1-8(6-11)7(5-9)2-4-13/h1,3,13H,2,4-6,11-12H2. The number of rotatable bonds is 3. The van der Waals surface area contributed by atoms with E-state index in [4.69, 9.17) is 28.2 Å². The van der Waals surface area contributed by atoms with E-state index in [0.29, 0.717) is 19.4 Å². The minimum Gasteiger partial charge on any atom is -0.396 e. The molecule has 1 aliphatic rings. The maximum atomic E-state index is 8.82. The lowest BCUT2D eigenvalue weighted by molar-refractivity contribution is 0.296. The molecule has 0 saturated carbocycles. The molecule has 1 unspecified atom stereocenters. The van der Waals surface area contributed by atoms with Gasteiger partial charge >= 0.3 is 0 Å². The molecule has 1 atom stereocenters. The Morgan fingerprint density at radius 3 is 2.85 bits per heavy atom. The maximum absolute atomic E-state index is 8.82. The Hall–Kier alpha value is -0.350. The minimum absolute atomic E-state index is 0.111. The van der Waals surface area contributed by atoms with Gasteiger partial charge in [-0.1, -0.05) is 23.3 Å². The molecule has 3 nitrogen and oxygen atoms in total. The molecular formula is C9H15ClN2O. The first kappa shape index (κ1) is 10.7. The Labute approximate surface area is 83.1 Å². The third-order valence-electron chi connectivity index (χ3n) is 2.13. The van der Waals surface area contributed by atoms with Gasteiger partial charge in [-0.15, -0.1) is 0 Å². The summed E-state index contributed by atoms with van der Waals surface area (Å²) in [6, 6.07) is 0. The summed E-state index contributed by atoms with van der Waals surface area (Å²) in [6.45, 7) is 0.582. The Bertz CT molecular complexity index is 246. The van der Waals surface area contributed by atoms with Crippen LogP contribution in [0.5, 0.6) is 0 Å². The molecule has 0 spiro atoms. The molecule has 13 heavy (non-hydrogen) atoms. The zero-order chi connectivity index (χ0) is 9.90. The molecule has 0 aromatic carbocycles. The van der Waals surface area contributed by atoms with E-state index >= 15 is 0 Å². The number of halogens is 1. The molecule has 0 saturated heterocycles. The quantitative estimate of drug-likeness (QED) is 0.461. The number of hydrogen-bond acceptors (Lipinski definition) is 3. The molecule has 0 aromatic heterocycles. The highest BCUT2D eigenvalue weighted by Gasteiger charge is 2.24. The van der Waals surface area contributed by atoms with E-state index in [1.165, 1.54) is 0 Å². The minimum atomic E-state index is -0.802. The Morgan fingerprint density at radius 2 is 2.31 bits per heavy atom. The van der Waals surface area contributed by atoms with Crippen LogP contribution >= 0.6 is 11.6 Å². The van der Waals surface area contributed by atoms with Gasteiger partial charge in [-0.2, -0.15) is 0 Å². The first-order chi connectivity index (χ1) is 6.09. The Kier molecular flexibility index (Phi) is 3.50. The van der Waals surface area contributed by atoms with Crippen LogP contribution in [0.3, 0.4) is 0 Å². The zero-order valence-electron chi connectivity index (χ0n) is 7.46. The number of nitrogens with two attached hydrogens (primary N) is 2. The van der Waals surface area contributed by atoms with Gasteiger partial charge in [0.1, 0.15) is 5.00 Å². The molecule has 0 amide bonds. The highest BCUT2D eigenvalue weighted by Crippen LogP contribution is 2.29. The monoisotopic (exact) mass is 202 g/mol. The van der Waals surface area contributed by atoms with E-state index in [-0.39, 0.29) is 6.61 Å². The molecule has 4 heteroatoms. The summed E-state index contributed by atoms with van der Waals surface area (Å²) < 4.78 is 0. The number of hydrogen-bond donors (Lipinski definition) is 3. The van der Waals surface area contributed by atoms with Gasteiger partial charge in [0.2, 0.25) is 0 Å². The van der Waals surface area contributed by atoms with Crippen molar-refractivity contribution in [2.75, 3.05) is 13.2 Å². The van der Waals surface area contributed by atoms with Crippen molar-refractivity contribution in [3.63, 3.8) is 0 Å². The largest absolute Gasteiger partial charge is 0.396 e. The summed E-state index contributed by atoms with van der Waals surface area (Å²) in [5.41, 5.74) is 13.4. The lowest BCUT2D eigenvalue weighted by Crippen LogP contribution is -2.33. The summed E-state index contributed by atoms with van der Waals surface area (Å²) >= 11 is 5.96. The number of alkyl halides is 1. The molecule has 74 valence electrons. The van der Waals surface area contributed by atoms with Crippen molar-refractivity contribution in [1.82, 2.24) is 0 Å². The first-order valence-electron chi connectivity index (χ1n) is 4.28. The van der Waals surface area contributed by atoms with Gasteiger partial charge in [-0.25, -0.2) is 0 Å². The topological polar surface area (TPSA) is 72.3 Å². The van der Waals surface area contributed by atoms with Crippen LogP contribution in [0.1, 0.15) is 12.8 Å². The van der Waals surface area contributed by atoms with Crippen molar-refractivity contribution in [2.45, 2.75) is 17.8 Å². The van der Waals surface area contributed by atoms with Crippen molar-refractivity contribution >= 4 is 11.6 Å². The third-order valence-corrected chi connectivity index (χ3v) is 2.39. The SMILES string of the molecule is NCC1=C(CCO)CC(N)(Cl)C=C1. The highest BCUT2D eigenvalue weighted by atomic mass is 35.5. The molecule has 0 fully saturated rings. The second-order valence-electron chi connectivity index (χ2n) is 3.24. The third kappa shape index (κ3) is 2.81. The summed E-state index contributed by atoms with van der Waals surface area (Å²) in [5.74, 6) is 0. The predicted octanol–water partition coefficient (Wildman–Crippen LogP) is 0.478. The fourth-order valence-electron chi connectivity index (χ4n) is 1.45. The normalized spacial score (nSPS) is 28.3. The van der Waals surface area contributed by atoms with E-state index in [2.05, 4.69) is 0 Å². The lowest BCUT2D eigenvalue weighted by atomic mass is 9.92. The van der Waals surface area contributed by atoms with Crippen molar-refractivity contribution in [2.24, 2.45) is 11.5 Å². The molecular weight excluding hydrogens is 188 g/mol. The van der Waals surface area contributed by atoms with Crippen LogP contribution < -0.4 is 11.5 Å². The summed E-state index contributed by atoms with van der Waals surface area (Å²) in [4.78, 5) is -0.802. The summed E-state index contributed by atoms with van der Waals surface area (Å²) in [5, 5.41) is 8.82. The lowest BCUT2D eigenvalue weighted by Gasteiger charge is -2.25. The van der Waals surface area contributed by atoms with Crippen LogP contribution in [-0.4, -0.2) is 23.3 Å². The maximum Gasteiger partial charge on any atom is 0.114 e. The molecule has 0 aliphatic heterocycles. The molecule has 1 rings (SSSR count). The average molecular weight is 203 g/mol. The average Bonchev–Trinajstić information content (AvgIpc) is 2.04. The van der Waals surface area contributed by atoms with Crippen molar-refractivity contribution in [3.8, 4) is 0 Å². The van der Waals surface area contributed by atoms with Gasteiger partial charge in [0.15, 0.2) is 0 Å². The molecule has 0 radical (unpaired) electrons. The molecule has 0 heterocycles. The van der Waals surface area contributed by atoms with Gasteiger partial charge < -0.3 is 16.6 Å². The van der Waals surface area contributed by atoms with Crippen molar-refractivity contribution in [1.29, 1.82) is 0 Å². The highest BCUT2D eigenvalue weighted by molar-refractivity contribution is 6.25. The molecule has 0 aromatic rings. The van der Waals surface area contributed by atoms with Crippen LogP contribution in [0.4, 0.5) is 0 Å². The van der Waals surface area contributed by atoms with Gasteiger partial charge in [0, 0.05) is 19.6 Å². The first-order valence-corrected chi connectivity index (χ1v) is 4.65. The fourth-order valence-corrected chi connectivity index (χ4v) is 1.68. The second kappa shape index (κ2) is 4.24. The van der Waals surface area contributed by atoms with Gasteiger partial charge in [-0.05, 0) is 18.1 Å². The van der Waals surface area contributed by atoms with Gasteiger partial charge in [-0.3, -0.25) is 0 Å². The van der Waals surface area contributed by atoms with Crippen LogP contribution in [0.2, 0.25) is 0 Å². The van der Waals surface area contributed by atoms with Crippen molar-refractivity contribution < 1.29 is 5.11 Å². The van der Waals surface area contributed by atoms with Crippen LogP contribution in [0, 0.1) is 0 Å². The Morgan fingerprint density at radius 1 is 1.62 bits per heavy atom. The van der Waals surface area contributed by atoms with E-state index in [9.17, 15) is 0 Å². The van der Waals surface area contributed by atoms with E-state index < -0.39 is 5.00 Å². The van der Waals surface area contributed by atoms with Crippen molar-refractivity contribution in [3.05, 3.63) is 23.3 Å². The van der Waals surface area contributed by atoms with Gasteiger partial charge in [0.25, 0.3) is 0 Å². The number of aliphatic hydroxyl groups excluding tert-OH is 1.